The van der Waals surface area contributed by atoms with Crippen LogP contribution in [-0.2, 0) is 14.3 Å². The number of hydrogen-bond donors (Lipinski definition) is 4. The number of alkyl carbamates (subject to hydrolysis) is 2. The first-order valence-electron chi connectivity index (χ1n) is 12.8. The van der Waals surface area contributed by atoms with Gasteiger partial charge in [0.15, 0.2) is 0 Å². The molecule has 2 aromatic carbocycles. The molecule has 0 fully saturated rings. The Hall–Kier alpha value is -4.02. The van der Waals surface area contributed by atoms with Crippen LogP contribution in [0.5, 0.6) is 5.75 Å². The van der Waals surface area contributed by atoms with Gasteiger partial charge in [0.1, 0.15) is 17.0 Å². The smallest absolute Gasteiger partial charge is 0.412 e. The van der Waals surface area contributed by atoms with Gasteiger partial charge in [-0.3, -0.25) is 4.79 Å². The van der Waals surface area contributed by atoms with Crippen LogP contribution in [0.15, 0.2) is 36.4 Å². The first-order chi connectivity index (χ1) is 18.1. The summed E-state index contributed by atoms with van der Waals surface area (Å²) < 4.78 is 15.6. The molecule has 2 rings (SSSR count). The largest absolute Gasteiger partial charge is 0.444 e. The molecule has 4 N–H and O–H groups in total. The Morgan fingerprint density at radius 2 is 1.13 bits per heavy atom. The molecule has 0 aromatic heterocycles. The van der Waals surface area contributed by atoms with Crippen molar-refractivity contribution in [1.82, 2.24) is 21.3 Å². The molecule has 1 atom stereocenters. The third-order valence-electron chi connectivity index (χ3n) is 5.09. The first-order valence-corrected chi connectivity index (χ1v) is 12.8. The molecule has 39 heavy (non-hydrogen) atoms. The number of ether oxygens (including phenoxy) is 3. The second kappa shape index (κ2) is 13.7. The van der Waals surface area contributed by atoms with E-state index in [1.165, 1.54) is 0 Å². The van der Waals surface area contributed by atoms with Crippen molar-refractivity contribution in [3.8, 4) is 5.75 Å². The van der Waals surface area contributed by atoms with E-state index in [1.807, 2.05) is 18.2 Å². The van der Waals surface area contributed by atoms with E-state index in [2.05, 4.69) is 21.3 Å². The maximum Gasteiger partial charge on any atom is 0.412 e. The fourth-order valence-corrected chi connectivity index (χ4v) is 3.33. The maximum absolute atomic E-state index is 12.6. The first kappa shape index (κ1) is 31.2. The monoisotopic (exact) mass is 544 g/mol. The van der Waals surface area contributed by atoms with Crippen LogP contribution in [-0.4, -0.2) is 61.6 Å². The Labute approximate surface area is 229 Å². The molecule has 214 valence electrons. The third kappa shape index (κ3) is 11.9. The molecule has 4 amide bonds. The van der Waals surface area contributed by atoms with Crippen LogP contribution in [0.3, 0.4) is 0 Å². The van der Waals surface area contributed by atoms with Crippen molar-refractivity contribution in [1.29, 1.82) is 0 Å². The average molecular weight is 545 g/mol. The summed E-state index contributed by atoms with van der Waals surface area (Å²) in [4.78, 5) is 48.0. The lowest BCUT2D eigenvalue weighted by molar-refractivity contribution is -0.122. The number of nitrogens with one attached hydrogen (secondary N) is 4. The van der Waals surface area contributed by atoms with Gasteiger partial charge >= 0.3 is 18.3 Å². The van der Waals surface area contributed by atoms with Gasteiger partial charge in [0.25, 0.3) is 0 Å². The quantitative estimate of drug-likeness (QED) is 0.346. The van der Waals surface area contributed by atoms with Gasteiger partial charge in [-0.2, -0.15) is 0 Å². The van der Waals surface area contributed by atoms with Crippen molar-refractivity contribution in [3.05, 3.63) is 42.0 Å². The van der Waals surface area contributed by atoms with E-state index >= 15 is 0 Å². The summed E-state index contributed by atoms with van der Waals surface area (Å²) in [5.74, 6) is -0.221. The zero-order valence-electron chi connectivity index (χ0n) is 23.7. The molecule has 0 saturated carbocycles. The Balaban J connectivity index is 1.81. The lowest BCUT2D eigenvalue weighted by Gasteiger charge is -2.20. The molecule has 0 bridgehead atoms. The number of carbonyl (C=O) groups excluding carboxylic acids is 4. The van der Waals surface area contributed by atoms with E-state index in [0.717, 1.165) is 16.3 Å². The summed E-state index contributed by atoms with van der Waals surface area (Å²) in [5, 5.41) is 12.2. The maximum atomic E-state index is 12.6. The minimum Gasteiger partial charge on any atom is -0.444 e. The highest BCUT2D eigenvalue weighted by molar-refractivity contribution is 5.88. The fraction of sp³-hybridized carbons (Fsp3) is 0.500. The van der Waals surface area contributed by atoms with Crippen LogP contribution in [0.4, 0.5) is 14.4 Å². The number of carbonyl (C=O) groups is 4. The minimum absolute atomic E-state index is 0.168. The van der Waals surface area contributed by atoms with Crippen molar-refractivity contribution < 1.29 is 33.4 Å². The van der Waals surface area contributed by atoms with Crippen molar-refractivity contribution in [2.45, 2.75) is 65.6 Å². The Morgan fingerprint density at radius 1 is 0.667 bits per heavy atom. The molecule has 0 saturated heterocycles. The molecule has 2 aromatic rings. The number of benzene rings is 2. The summed E-state index contributed by atoms with van der Waals surface area (Å²) in [6.45, 7) is 13.3. The summed E-state index contributed by atoms with van der Waals surface area (Å²) in [5.41, 5.74) is -0.358. The van der Waals surface area contributed by atoms with Crippen LogP contribution in [0.2, 0.25) is 0 Å². The highest BCUT2D eigenvalue weighted by Gasteiger charge is 2.18. The molecular formula is C28H40N4O7. The van der Waals surface area contributed by atoms with Crippen molar-refractivity contribution >= 4 is 35.0 Å². The van der Waals surface area contributed by atoms with Gasteiger partial charge in [0, 0.05) is 26.2 Å². The molecular weight excluding hydrogens is 504 g/mol. The summed E-state index contributed by atoms with van der Waals surface area (Å²) in [6, 6.07) is 10.8. The van der Waals surface area contributed by atoms with Gasteiger partial charge in [0.05, 0.1) is 5.92 Å². The number of hydrogen-bond acceptors (Lipinski definition) is 7. The van der Waals surface area contributed by atoms with Gasteiger partial charge in [-0.1, -0.05) is 24.3 Å². The predicted octanol–water partition coefficient (Wildman–Crippen LogP) is 4.20. The Morgan fingerprint density at radius 3 is 1.67 bits per heavy atom. The van der Waals surface area contributed by atoms with Crippen LogP contribution in [0.25, 0.3) is 10.8 Å². The molecule has 11 heteroatoms. The zero-order valence-corrected chi connectivity index (χ0v) is 23.7. The molecule has 0 radical (unpaired) electrons. The van der Waals surface area contributed by atoms with Crippen molar-refractivity contribution in [3.63, 3.8) is 0 Å². The zero-order chi connectivity index (χ0) is 29.2. The standard InChI is InChI=1S/C28H40N4O7/c1-18(23(33)29-12-13-31-25(35)38-27(2,3)4)19-8-9-21-17-22(11-10-20(21)16-19)37-24(34)30-14-15-32-26(36)39-28(5,6)7/h8-11,16-18H,12-15H2,1-7H3,(H,29,33)(H,30,34)(H,31,35)(H,32,36)/t18-/m1/s1. The van der Waals surface area contributed by atoms with Gasteiger partial charge in [-0.15, -0.1) is 0 Å². The number of amides is 4. The van der Waals surface area contributed by atoms with Crippen LogP contribution in [0, 0.1) is 0 Å². The van der Waals surface area contributed by atoms with Gasteiger partial charge in [-0.25, -0.2) is 14.4 Å². The molecule has 11 nitrogen and oxygen atoms in total. The lowest BCUT2D eigenvalue weighted by atomic mass is 9.97. The minimum atomic E-state index is -0.650. The van der Waals surface area contributed by atoms with Crippen LogP contribution < -0.4 is 26.0 Å². The molecule has 0 spiro atoms. The van der Waals surface area contributed by atoms with E-state index in [4.69, 9.17) is 14.2 Å². The summed E-state index contributed by atoms with van der Waals surface area (Å²) in [7, 11) is 0. The van der Waals surface area contributed by atoms with E-state index in [1.54, 1.807) is 66.7 Å². The fourth-order valence-electron chi connectivity index (χ4n) is 3.33. The van der Waals surface area contributed by atoms with Crippen LogP contribution in [0.1, 0.15) is 59.9 Å². The van der Waals surface area contributed by atoms with Crippen LogP contribution >= 0.6 is 0 Å². The lowest BCUT2D eigenvalue weighted by Crippen LogP contribution is -2.38. The van der Waals surface area contributed by atoms with E-state index in [0.29, 0.717) is 5.75 Å². The topological polar surface area (TPSA) is 144 Å². The Bertz CT molecular complexity index is 1170. The highest BCUT2D eigenvalue weighted by atomic mass is 16.6. The summed E-state index contributed by atoms with van der Waals surface area (Å²) >= 11 is 0. The Kier molecular flexibility index (Phi) is 10.9. The van der Waals surface area contributed by atoms with Crippen molar-refractivity contribution in [2.75, 3.05) is 26.2 Å². The molecule has 0 aliphatic rings. The van der Waals surface area contributed by atoms with E-state index in [9.17, 15) is 19.2 Å². The number of fused-ring (bicyclic) bond motifs is 1. The van der Waals surface area contributed by atoms with E-state index < -0.39 is 35.4 Å². The summed E-state index contributed by atoms with van der Waals surface area (Å²) in [6.07, 6.45) is -1.74. The second-order valence-electron chi connectivity index (χ2n) is 11.0. The predicted molar refractivity (Wildman–Crippen MR) is 148 cm³/mol. The van der Waals surface area contributed by atoms with Gasteiger partial charge < -0.3 is 35.5 Å². The van der Waals surface area contributed by atoms with Gasteiger partial charge in [-0.05, 0) is 76.9 Å². The SMILES string of the molecule is C[C@@H](C(=O)NCCNC(=O)OC(C)(C)C)c1ccc2cc(OC(=O)NCCNC(=O)OC(C)(C)C)ccc2c1. The normalized spacial score (nSPS) is 12.2. The number of rotatable bonds is 9. The van der Waals surface area contributed by atoms with Crippen molar-refractivity contribution in [2.24, 2.45) is 0 Å². The van der Waals surface area contributed by atoms with E-state index in [-0.39, 0.29) is 32.1 Å². The molecule has 0 aliphatic carbocycles. The molecule has 0 unspecified atom stereocenters. The van der Waals surface area contributed by atoms with Gasteiger partial charge in [0.2, 0.25) is 5.91 Å². The third-order valence-corrected chi connectivity index (χ3v) is 5.09. The highest BCUT2D eigenvalue weighted by Crippen LogP contribution is 2.25. The molecule has 0 heterocycles. The average Bonchev–Trinajstić information content (AvgIpc) is 2.81. The molecule has 0 aliphatic heterocycles. The second-order valence-corrected chi connectivity index (χ2v) is 11.0.